The van der Waals surface area contributed by atoms with E-state index in [1.54, 1.807) is 7.11 Å². The highest BCUT2D eigenvalue weighted by atomic mass is 16.7. The van der Waals surface area contributed by atoms with Gasteiger partial charge in [-0.1, -0.05) is 0 Å². The largest absolute Gasteiger partial charge is 0.318 e. The van der Waals surface area contributed by atoms with Crippen molar-refractivity contribution in [2.45, 2.75) is 57.7 Å². The van der Waals surface area contributed by atoms with Crippen LogP contribution in [-0.4, -0.2) is 56.3 Å². The summed E-state index contributed by atoms with van der Waals surface area (Å²) in [6.45, 7) is 10.6. The van der Waals surface area contributed by atoms with Gasteiger partial charge in [-0.15, -0.1) is 0 Å². The Balaban J connectivity index is 0.000000486. The van der Waals surface area contributed by atoms with Crippen LogP contribution in [0.2, 0.25) is 0 Å². The third-order valence-electron chi connectivity index (χ3n) is 3.72. The smallest absolute Gasteiger partial charge is 0.0575 e. The van der Waals surface area contributed by atoms with Crippen LogP contribution in [0.1, 0.15) is 40.5 Å². The van der Waals surface area contributed by atoms with Crippen LogP contribution in [0.4, 0.5) is 0 Å². The molecule has 0 amide bonds. The molecule has 1 heterocycles. The molecular formula is C14H36N6O. The average Bonchev–Trinajstić information content (AvgIpc) is 2.37. The molecule has 1 saturated heterocycles. The van der Waals surface area contributed by atoms with E-state index in [9.17, 15) is 0 Å². The summed E-state index contributed by atoms with van der Waals surface area (Å²) in [6.07, 6.45) is 2.25. The molecule has 0 atom stereocenters. The van der Waals surface area contributed by atoms with Crippen LogP contribution in [-0.2, 0) is 4.84 Å². The Morgan fingerprint density at radius 3 is 1.76 bits per heavy atom. The lowest BCUT2D eigenvalue weighted by Crippen LogP contribution is -2.62. The number of nitrogens with one attached hydrogen (secondary N) is 3. The van der Waals surface area contributed by atoms with Gasteiger partial charge in [0.05, 0.1) is 7.11 Å². The monoisotopic (exact) mass is 304 g/mol. The number of nitrogens with zero attached hydrogens (tertiary/aromatic N) is 1. The molecule has 1 aliphatic heterocycles. The number of hydrogen-bond donors (Lipinski definition) is 5. The van der Waals surface area contributed by atoms with Crippen molar-refractivity contribution in [3.63, 3.8) is 0 Å². The number of nitrogens with two attached hydrogens (primary N) is 2. The second kappa shape index (κ2) is 9.68. The Morgan fingerprint density at radius 2 is 1.48 bits per heavy atom. The van der Waals surface area contributed by atoms with Gasteiger partial charge in [-0.2, -0.15) is 5.06 Å². The maximum Gasteiger partial charge on any atom is 0.0575 e. The van der Waals surface area contributed by atoms with Gasteiger partial charge in [-0.3, -0.25) is 10.6 Å². The summed E-state index contributed by atoms with van der Waals surface area (Å²) in [4.78, 5) is 5.52. The molecule has 1 fully saturated rings. The first-order valence-corrected chi connectivity index (χ1v) is 7.58. The molecule has 7 heteroatoms. The second-order valence-corrected chi connectivity index (χ2v) is 6.58. The summed E-state index contributed by atoms with van der Waals surface area (Å²) >= 11 is 0. The van der Waals surface area contributed by atoms with Crippen molar-refractivity contribution in [1.82, 2.24) is 21.0 Å². The fourth-order valence-electron chi connectivity index (χ4n) is 3.19. The highest BCUT2D eigenvalue weighted by Gasteiger charge is 2.45. The quantitative estimate of drug-likeness (QED) is 0.340. The number of hydroxylamine groups is 2. The van der Waals surface area contributed by atoms with Crippen molar-refractivity contribution in [3.05, 3.63) is 0 Å². The molecule has 0 aromatic carbocycles. The van der Waals surface area contributed by atoms with Gasteiger partial charge in [0.25, 0.3) is 0 Å². The van der Waals surface area contributed by atoms with Crippen LogP contribution < -0.4 is 27.4 Å². The summed E-state index contributed by atoms with van der Waals surface area (Å²) in [5, 5.41) is 11.2. The Bertz CT molecular complexity index is 250. The zero-order valence-electron chi connectivity index (χ0n) is 14.6. The first-order valence-electron chi connectivity index (χ1n) is 7.58. The average molecular weight is 304 g/mol. The molecule has 1 aliphatic rings. The van der Waals surface area contributed by atoms with Gasteiger partial charge in [0.1, 0.15) is 0 Å². The van der Waals surface area contributed by atoms with E-state index in [0.717, 1.165) is 12.8 Å². The molecule has 21 heavy (non-hydrogen) atoms. The van der Waals surface area contributed by atoms with Crippen LogP contribution >= 0.6 is 0 Å². The number of rotatable bonds is 6. The minimum absolute atomic E-state index is 0.101. The molecule has 128 valence electrons. The predicted molar refractivity (Wildman–Crippen MR) is 88.3 cm³/mol. The van der Waals surface area contributed by atoms with Gasteiger partial charge in [-0.25, -0.2) is 0 Å². The third kappa shape index (κ3) is 7.01. The highest BCUT2D eigenvalue weighted by Crippen LogP contribution is 2.37. The van der Waals surface area contributed by atoms with Crippen molar-refractivity contribution >= 4 is 0 Å². The molecule has 7 nitrogen and oxygen atoms in total. The van der Waals surface area contributed by atoms with E-state index in [2.05, 4.69) is 48.7 Å². The van der Waals surface area contributed by atoms with Gasteiger partial charge < -0.3 is 21.6 Å². The predicted octanol–water partition coefficient (Wildman–Crippen LogP) is -0.256. The van der Waals surface area contributed by atoms with E-state index < -0.39 is 0 Å². The van der Waals surface area contributed by atoms with Crippen molar-refractivity contribution in [2.24, 2.45) is 11.5 Å². The van der Waals surface area contributed by atoms with Crippen LogP contribution in [0.15, 0.2) is 0 Å². The van der Waals surface area contributed by atoms with Crippen LogP contribution in [0.25, 0.3) is 0 Å². The van der Waals surface area contributed by atoms with Crippen molar-refractivity contribution < 1.29 is 4.84 Å². The third-order valence-corrected chi connectivity index (χ3v) is 3.72. The summed E-state index contributed by atoms with van der Waals surface area (Å²) in [5.41, 5.74) is 10.4. The fraction of sp³-hybridized carbons (Fsp3) is 1.00. The normalized spacial score (nSPS) is 21.7. The molecule has 1 rings (SSSR count). The lowest BCUT2D eigenvalue weighted by Gasteiger charge is -2.53. The van der Waals surface area contributed by atoms with Crippen LogP contribution in [0, 0.1) is 0 Å². The van der Waals surface area contributed by atoms with Crippen LogP contribution in [0.5, 0.6) is 0 Å². The van der Waals surface area contributed by atoms with Crippen molar-refractivity contribution in [3.8, 4) is 0 Å². The van der Waals surface area contributed by atoms with E-state index in [4.69, 9.17) is 16.3 Å². The maximum atomic E-state index is 5.52. The Hall–Kier alpha value is -0.280. The topological polar surface area (TPSA) is 101 Å². The van der Waals surface area contributed by atoms with E-state index in [1.165, 1.54) is 0 Å². The molecule has 0 spiro atoms. The highest BCUT2D eigenvalue weighted by molar-refractivity contribution is 4.98. The Kier molecular flexibility index (Phi) is 9.55. The molecule has 0 aromatic rings. The summed E-state index contributed by atoms with van der Waals surface area (Å²) in [5.74, 6) is 0. The summed E-state index contributed by atoms with van der Waals surface area (Å²) in [7, 11) is 3.81. The van der Waals surface area contributed by atoms with E-state index in [-0.39, 0.29) is 11.1 Å². The van der Waals surface area contributed by atoms with Gasteiger partial charge in [0.15, 0.2) is 0 Å². The summed E-state index contributed by atoms with van der Waals surface area (Å²) in [6, 6.07) is 0.589. The molecular weight excluding hydrogens is 268 g/mol. The minimum Gasteiger partial charge on any atom is -0.318 e. The van der Waals surface area contributed by atoms with Crippen LogP contribution in [0.3, 0.4) is 0 Å². The molecule has 7 N–H and O–H groups in total. The first kappa shape index (κ1) is 20.7. The fourth-order valence-corrected chi connectivity index (χ4v) is 3.19. The second-order valence-electron chi connectivity index (χ2n) is 6.58. The SMILES string of the molecule is CNC1CC(C)(C)N(OC)C(C)(C)C1.NCNCNCN. The number of hydrogen-bond acceptors (Lipinski definition) is 7. The zero-order valence-corrected chi connectivity index (χ0v) is 14.6. The standard InChI is InChI=1S/C11H24N2O.C3H12N4/c1-10(2)7-9(12-5)8-11(3,4)13(10)14-6;4-1-6-3-7-2-5/h9,12H,7-8H2,1-6H3;6-7H,1-5H2. The molecule has 0 bridgehead atoms. The lowest BCUT2D eigenvalue weighted by atomic mass is 9.79. The Morgan fingerprint density at radius 1 is 1.05 bits per heavy atom. The van der Waals surface area contributed by atoms with E-state index in [0.29, 0.717) is 26.0 Å². The molecule has 0 aliphatic carbocycles. The minimum atomic E-state index is 0.101. The summed E-state index contributed by atoms with van der Waals surface area (Å²) < 4.78 is 0. The zero-order chi connectivity index (χ0) is 16.5. The number of piperidine rings is 1. The van der Waals surface area contributed by atoms with Gasteiger partial charge in [0, 0.05) is 37.1 Å². The molecule has 0 saturated carbocycles. The van der Waals surface area contributed by atoms with Crippen molar-refractivity contribution in [1.29, 1.82) is 0 Å². The van der Waals surface area contributed by atoms with E-state index in [1.807, 2.05) is 7.05 Å². The first-order chi connectivity index (χ1) is 9.75. The lowest BCUT2D eigenvalue weighted by molar-refractivity contribution is -0.267. The van der Waals surface area contributed by atoms with Gasteiger partial charge in [0.2, 0.25) is 0 Å². The molecule has 0 unspecified atom stereocenters. The molecule has 0 radical (unpaired) electrons. The van der Waals surface area contributed by atoms with Gasteiger partial charge in [-0.05, 0) is 47.6 Å². The van der Waals surface area contributed by atoms with Gasteiger partial charge >= 0.3 is 0 Å². The molecule has 0 aromatic heterocycles. The Labute approximate surface area is 130 Å². The maximum absolute atomic E-state index is 5.52. The van der Waals surface area contributed by atoms with E-state index >= 15 is 0 Å². The van der Waals surface area contributed by atoms with Crippen molar-refractivity contribution in [2.75, 3.05) is 34.2 Å².